The molecule has 7 aromatic carbocycles. The molecule has 4 nitrogen and oxygen atoms in total. The molecule has 0 aliphatic rings. The van der Waals surface area contributed by atoms with Crippen LogP contribution in [-0.4, -0.2) is 19.6 Å². The molecule has 0 atom stereocenters. The van der Waals surface area contributed by atoms with Gasteiger partial charge in [-0.25, -0.2) is 4.98 Å². The Balaban J connectivity index is 0.00000544. The first-order valence-corrected chi connectivity index (χ1v) is 21.5. The number of hydrogen-bond acceptors (Lipinski definition) is 3. The van der Waals surface area contributed by atoms with E-state index in [1.165, 1.54) is 33.4 Å². The summed E-state index contributed by atoms with van der Waals surface area (Å²) in [6.07, 6.45) is 1.90. The molecule has 9 rings (SSSR count). The molecule has 0 fully saturated rings. The molecule has 5 heteroatoms. The molecule has 0 saturated heterocycles. The number of phenols is 1. The molecule has 0 spiro atoms. The summed E-state index contributed by atoms with van der Waals surface area (Å²) in [5.74, 6) is 0.916. The molecule has 0 bridgehead atoms. The number of nitrogens with zero attached hydrogens (tertiary/aromatic N) is 3. The van der Waals surface area contributed by atoms with E-state index in [0.29, 0.717) is 11.4 Å². The van der Waals surface area contributed by atoms with Crippen LogP contribution in [0.1, 0.15) is 63.8 Å². The normalized spacial score (nSPS) is 11.7. The molecular formula is C58H52N3OPt-. The van der Waals surface area contributed by atoms with Gasteiger partial charge in [-0.2, -0.15) is 0 Å². The van der Waals surface area contributed by atoms with Crippen LogP contribution in [0, 0.1) is 19.9 Å². The Morgan fingerprint density at radius 2 is 1.17 bits per heavy atom. The topological polar surface area (TPSA) is 50.9 Å². The minimum Gasteiger partial charge on any atom is -0.507 e. The van der Waals surface area contributed by atoms with Crippen LogP contribution in [-0.2, 0) is 31.9 Å². The molecule has 2 aromatic heterocycles. The molecule has 9 aromatic rings. The quantitative estimate of drug-likeness (QED) is 0.162. The van der Waals surface area contributed by atoms with Crippen molar-refractivity contribution in [2.24, 2.45) is 0 Å². The van der Waals surface area contributed by atoms with Gasteiger partial charge in [0.25, 0.3) is 0 Å². The number of pyridine rings is 1. The van der Waals surface area contributed by atoms with Crippen molar-refractivity contribution in [3.8, 4) is 78.6 Å². The molecule has 0 amide bonds. The third kappa shape index (κ3) is 8.58. The number of hydrogen-bond donors (Lipinski definition) is 1. The van der Waals surface area contributed by atoms with Crippen LogP contribution < -0.4 is 0 Å². The minimum absolute atomic E-state index is 0. The van der Waals surface area contributed by atoms with Gasteiger partial charge in [-0.15, -0.1) is 29.3 Å². The molecule has 0 radical (unpaired) electrons. The fourth-order valence-corrected chi connectivity index (χ4v) is 8.58. The standard InChI is InChI=1S/C58H52N3O.Pt/c1-37-30-38(2)55(62)50(31-37)56-60-54-49(20-15-21-53(54)61(56)47-26-27-48(42-18-13-10-14-19-42)51(36-47)58(6,7)8)44-32-45(34-46(33-44)57(3,4)5)52-35-43(28-29-59-52)41-24-22-40(23-25-41)39-16-11-9-12-17-39;/h9-31,33-36,62H,1-8H3;/q-1;. The van der Waals surface area contributed by atoms with Gasteiger partial charge in [0.1, 0.15) is 11.6 Å². The first-order valence-electron chi connectivity index (χ1n) is 21.5. The summed E-state index contributed by atoms with van der Waals surface area (Å²) in [4.78, 5) is 10.4. The van der Waals surface area contributed by atoms with E-state index in [-0.39, 0.29) is 37.6 Å². The van der Waals surface area contributed by atoms with Gasteiger partial charge in [-0.05, 0) is 105 Å². The summed E-state index contributed by atoms with van der Waals surface area (Å²) in [5, 5.41) is 11.7. The van der Waals surface area contributed by atoms with Crippen molar-refractivity contribution < 1.29 is 26.2 Å². The van der Waals surface area contributed by atoms with Gasteiger partial charge in [-0.3, -0.25) is 9.55 Å². The third-order valence-electron chi connectivity index (χ3n) is 11.9. The van der Waals surface area contributed by atoms with E-state index in [1.807, 2.05) is 31.3 Å². The average Bonchev–Trinajstić information content (AvgIpc) is 3.67. The van der Waals surface area contributed by atoms with Gasteiger partial charge in [-0.1, -0.05) is 168 Å². The Labute approximate surface area is 386 Å². The zero-order chi connectivity index (χ0) is 43.3. The number of phenolic OH excluding ortho intramolecular Hbond substituents is 1. The number of aryl methyl sites for hydroxylation is 2. The summed E-state index contributed by atoms with van der Waals surface area (Å²) in [6, 6.07) is 59.5. The van der Waals surface area contributed by atoms with Gasteiger partial charge in [0.15, 0.2) is 0 Å². The largest absolute Gasteiger partial charge is 0.507 e. The Morgan fingerprint density at radius 3 is 1.84 bits per heavy atom. The molecule has 63 heavy (non-hydrogen) atoms. The fourth-order valence-electron chi connectivity index (χ4n) is 8.58. The fraction of sp³-hybridized carbons (Fsp3) is 0.172. The summed E-state index contributed by atoms with van der Waals surface area (Å²) in [6.45, 7) is 17.6. The van der Waals surface area contributed by atoms with Crippen LogP contribution >= 0.6 is 0 Å². The summed E-state index contributed by atoms with van der Waals surface area (Å²) in [7, 11) is 0. The maximum atomic E-state index is 11.7. The smallest absolute Gasteiger partial charge is 0.148 e. The van der Waals surface area contributed by atoms with Crippen molar-refractivity contribution in [1.82, 2.24) is 14.5 Å². The number of rotatable bonds is 7. The maximum absolute atomic E-state index is 11.7. The second kappa shape index (κ2) is 17.1. The van der Waals surface area contributed by atoms with Crippen molar-refractivity contribution in [3.05, 3.63) is 192 Å². The van der Waals surface area contributed by atoms with E-state index >= 15 is 0 Å². The Bertz CT molecular complexity index is 3100. The zero-order valence-corrected chi connectivity index (χ0v) is 39.5. The Hall–Kier alpha value is -6.35. The van der Waals surface area contributed by atoms with E-state index in [1.54, 1.807) is 0 Å². The number of aromatic nitrogens is 3. The van der Waals surface area contributed by atoms with Gasteiger partial charge < -0.3 is 5.11 Å². The van der Waals surface area contributed by atoms with Crippen LogP contribution in [0.5, 0.6) is 5.75 Å². The molecule has 1 N–H and O–H groups in total. The number of fused-ring (bicyclic) bond motifs is 1. The average molecular weight is 1000 g/mol. The van der Waals surface area contributed by atoms with Crippen molar-refractivity contribution in [2.45, 2.75) is 66.2 Å². The molecule has 0 unspecified atom stereocenters. The van der Waals surface area contributed by atoms with Crippen molar-refractivity contribution in [1.29, 1.82) is 0 Å². The monoisotopic (exact) mass is 1000 g/mol. The van der Waals surface area contributed by atoms with Gasteiger partial charge in [0.2, 0.25) is 0 Å². The Kier molecular flexibility index (Phi) is 11.7. The first-order chi connectivity index (χ1) is 29.7. The molecule has 0 saturated carbocycles. The van der Waals surface area contributed by atoms with Crippen molar-refractivity contribution >= 4 is 11.0 Å². The maximum Gasteiger partial charge on any atom is 0.148 e. The Morgan fingerprint density at radius 1 is 0.540 bits per heavy atom. The van der Waals surface area contributed by atoms with E-state index < -0.39 is 0 Å². The van der Waals surface area contributed by atoms with Gasteiger partial charge in [0.05, 0.1) is 16.6 Å². The third-order valence-corrected chi connectivity index (χ3v) is 11.9. The number of imidazole rings is 1. The van der Waals surface area contributed by atoms with Crippen LogP contribution in [0.25, 0.3) is 83.9 Å². The van der Waals surface area contributed by atoms with Gasteiger partial charge in [0, 0.05) is 38.6 Å². The SMILES string of the molecule is Cc1cc(C)c(O)c(-c2nc3c(-c4[c-]c(-c5cc(-c6ccc(-c7ccccc7)cc6)ccn5)cc(C(C)(C)C)c4)cccc3n2-c2ccc(-c3ccccc3)c(C(C)(C)C)c2)c1.[Pt]. The van der Waals surface area contributed by atoms with Crippen LogP contribution in [0.3, 0.4) is 0 Å². The predicted molar refractivity (Wildman–Crippen MR) is 259 cm³/mol. The number of benzene rings is 7. The predicted octanol–water partition coefficient (Wildman–Crippen LogP) is 15.1. The summed E-state index contributed by atoms with van der Waals surface area (Å²) >= 11 is 0. The van der Waals surface area contributed by atoms with Crippen LogP contribution in [0.4, 0.5) is 0 Å². The summed E-state index contributed by atoms with van der Waals surface area (Å²) < 4.78 is 2.22. The molecule has 0 aliphatic heterocycles. The van der Waals surface area contributed by atoms with E-state index in [0.717, 1.165) is 61.4 Å². The van der Waals surface area contributed by atoms with E-state index in [9.17, 15) is 5.11 Å². The van der Waals surface area contributed by atoms with Crippen molar-refractivity contribution in [3.63, 3.8) is 0 Å². The van der Waals surface area contributed by atoms with Crippen LogP contribution in [0.15, 0.2) is 164 Å². The van der Waals surface area contributed by atoms with E-state index in [2.05, 4.69) is 199 Å². The molecule has 316 valence electrons. The first kappa shape index (κ1) is 43.3. The molecular weight excluding hydrogens is 950 g/mol. The minimum atomic E-state index is -0.156. The number of aromatic hydroxyl groups is 1. The summed E-state index contributed by atoms with van der Waals surface area (Å²) in [5.41, 5.74) is 18.1. The van der Waals surface area contributed by atoms with E-state index in [4.69, 9.17) is 9.97 Å². The van der Waals surface area contributed by atoms with Crippen molar-refractivity contribution in [2.75, 3.05) is 0 Å². The molecule has 0 aliphatic carbocycles. The second-order valence-electron chi connectivity index (χ2n) is 18.6. The number of para-hydroxylation sites is 1. The molecule has 2 heterocycles. The van der Waals surface area contributed by atoms with Crippen LogP contribution in [0.2, 0.25) is 0 Å². The van der Waals surface area contributed by atoms with Gasteiger partial charge >= 0.3 is 0 Å². The zero-order valence-electron chi connectivity index (χ0n) is 37.2. The second-order valence-corrected chi connectivity index (χ2v) is 18.6.